The maximum atomic E-state index is 12.6. The Morgan fingerprint density at radius 1 is 1.17 bits per heavy atom. The number of nitrogens with one attached hydrogen (secondary N) is 1. The Balaban J connectivity index is 1.27. The van der Waals surface area contributed by atoms with Crippen LogP contribution in [0.5, 0.6) is 0 Å². The Hall–Kier alpha value is -2.89. The highest BCUT2D eigenvalue weighted by molar-refractivity contribution is 5.94. The lowest BCUT2D eigenvalue weighted by Gasteiger charge is -2.30. The fraction of sp³-hybridized carbons (Fsp3) is 0.435. The predicted octanol–water partition coefficient (Wildman–Crippen LogP) is 3.89. The van der Waals surface area contributed by atoms with Crippen molar-refractivity contribution in [2.75, 3.05) is 25.0 Å². The number of aromatic nitrogens is 3. The van der Waals surface area contributed by atoms with Crippen molar-refractivity contribution in [3.8, 4) is 0 Å². The van der Waals surface area contributed by atoms with Crippen LogP contribution in [0.25, 0.3) is 11.0 Å². The monoisotopic (exact) mass is 391 g/mol. The Morgan fingerprint density at radius 3 is 2.69 bits per heavy atom. The molecule has 4 rings (SSSR count). The number of para-hydroxylation sites is 2. The van der Waals surface area contributed by atoms with Gasteiger partial charge in [-0.1, -0.05) is 19.1 Å². The van der Waals surface area contributed by atoms with Gasteiger partial charge in [0.15, 0.2) is 0 Å². The number of anilines is 1. The zero-order valence-corrected chi connectivity index (χ0v) is 17.3. The first-order chi connectivity index (χ1) is 14.1. The molecule has 152 valence electrons. The van der Waals surface area contributed by atoms with Crippen LogP contribution in [-0.2, 0) is 13.5 Å². The third-order valence-electron chi connectivity index (χ3n) is 5.84. The number of amides is 1. The number of rotatable bonds is 6. The van der Waals surface area contributed by atoms with Gasteiger partial charge in [-0.25, -0.2) is 9.97 Å². The van der Waals surface area contributed by atoms with Gasteiger partial charge < -0.3 is 14.8 Å². The molecule has 1 aliphatic heterocycles. The van der Waals surface area contributed by atoms with E-state index >= 15 is 0 Å². The number of carbonyl (C=O) groups is 1. The van der Waals surface area contributed by atoms with Gasteiger partial charge in [0.05, 0.1) is 16.6 Å². The Bertz CT molecular complexity index is 971. The molecule has 6 nitrogen and oxygen atoms in total. The zero-order chi connectivity index (χ0) is 20.2. The molecule has 0 radical (unpaired) electrons. The summed E-state index contributed by atoms with van der Waals surface area (Å²) in [6.45, 7) is 4.76. The highest BCUT2D eigenvalue weighted by Crippen LogP contribution is 2.19. The van der Waals surface area contributed by atoms with E-state index in [1.54, 1.807) is 6.20 Å². The molecule has 3 heterocycles. The van der Waals surface area contributed by atoms with Gasteiger partial charge >= 0.3 is 0 Å². The van der Waals surface area contributed by atoms with Crippen molar-refractivity contribution in [3.05, 3.63) is 54.0 Å². The second-order valence-corrected chi connectivity index (χ2v) is 8.01. The van der Waals surface area contributed by atoms with Crippen LogP contribution in [0.3, 0.4) is 0 Å². The van der Waals surface area contributed by atoms with E-state index in [-0.39, 0.29) is 5.91 Å². The second-order valence-electron chi connectivity index (χ2n) is 8.01. The van der Waals surface area contributed by atoms with Crippen LogP contribution in [0.4, 0.5) is 5.82 Å². The Labute approximate surface area is 172 Å². The molecule has 0 atom stereocenters. The normalized spacial score (nSPS) is 15.0. The van der Waals surface area contributed by atoms with Gasteiger partial charge in [-0.05, 0) is 49.4 Å². The van der Waals surface area contributed by atoms with Crippen molar-refractivity contribution in [1.29, 1.82) is 0 Å². The number of imidazole rings is 1. The van der Waals surface area contributed by atoms with Gasteiger partial charge in [0.25, 0.3) is 5.91 Å². The molecule has 1 N–H and O–H groups in total. The molecule has 0 bridgehead atoms. The number of benzene rings is 1. The predicted molar refractivity (Wildman–Crippen MR) is 116 cm³/mol. The van der Waals surface area contributed by atoms with E-state index in [1.165, 1.54) is 5.52 Å². The smallest absolute Gasteiger partial charge is 0.255 e. The highest BCUT2D eigenvalue weighted by Gasteiger charge is 2.21. The fourth-order valence-electron chi connectivity index (χ4n) is 3.90. The van der Waals surface area contributed by atoms with Gasteiger partial charge in [-0.15, -0.1) is 0 Å². The number of nitrogens with zero attached hydrogens (tertiary/aromatic N) is 4. The van der Waals surface area contributed by atoms with E-state index in [0.717, 1.165) is 62.5 Å². The number of fused-ring (bicyclic) bond motifs is 1. The lowest BCUT2D eigenvalue weighted by atomic mass is 9.99. The van der Waals surface area contributed by atoms with Crippen molar-refractivity contribution in [3.63, 3.8) is 0 Å². The number of hydrogen-bond donors (Lipinski definition) is 1. The molecule has 1 fully saturated rings. The number of aryl methyl sites for hydroxylation is 2. The molecular formula is C23H29N5O. The average molecular weight is 392 g/mol. The topological polar surface area (TPSA) is 63.1 Å². The Morgan fingerprint density at radius 2 is 1.97 bits per heavy atom. The minimum absolute atomic E-state index is 0.0952. The van der Waals surface area contributed by atoms with Crippen LogP contribution in [-0.4, -0.2) is 45.0 Å². The van der Waals surface area contributed by atoms with Gasteiger partial charge in [0, 0.05) is 39.3 Å². The summed E-state index contributed by atoms with van der Waals surface area (Å²) in [5.41, 5.74) is 2.88. The molecule has 0 saturated carbocycles. The summed E-state index contributed by atoms with van der Waals surface area (Å²) < 4.78 is 2.16. The van der Waals surface area contributed by atoms with Gasteiger partial charge in [0.1, 0.15) is 11.6 Å². The van der Waals surface area contributed by atoms with Gasteiger partial charge in [-0.2, -0.15) is 0 Å². The molecule has 29 heavy (non-hydrogen) atoms. The summed E-state index contributed by atoms with van der Waals surface area (Å²) in [5, 5.41) is 3.35. The number of pyridine rings is 1. The van der Waals surface area contributed by atoms with E-state index in [4.69, 9.17) is 4.98 Å². The SMILES string of the molecule is CC1CCN(C(=O)c2ccc(NCCCc3nc4ccccc4n3C)nc2)CC1. The molecular weight excluding hydrogens is 362 g/mol. The summed E-state index contributed by atoms with van der Waals surface area (Å²) in [7, 11) is 2.07. The number of carbonyl (C=O) groups excluding carboxylic acids is 1. The molecule has 1 aliphatic rings. The lowest BCUT2D eigenvalue weighted by Crippen LogP contribution is -2.37. The van der Waals surface area contributed by atoms with E-state index in [0.29, 0.717) is 11.5 Å². The minimum atomic E-state index is 0.0952. The third kappa shape index (κ3) is 4.42. The molecule has 3 aromatic rings. The lowest BCUT2D eigenvalue weighted by molar-refractivity contribution is 0.0697. The summed E-state index contributed by atoms with van der Waals surface area (Å²) >= 11 is 0. The summed E-state index contributed by atoms with van der Waals surface area (Å²) in [6, 6.07) is 12.0. The molecule has 1 amide bonds. The third-order valence-corrected chi connectivity index (χ3v) is 5.84. The van der Waals surface area contributed by atoms with Crippen LogP contribution in [0.2, 0.25) is 0 Å². The van der Waals surface area contributed by atoms with E-state index in [2.05, 4.69) is 34.9 Å². The van der Waals surface area contributed by atoms with Crippen LogP contribution in [0, 0.1) is 5.92 Å². The maximum absolute atomic E-state index is 12.6. The molecule has 0 spiro atoms. The molecule has 1 aromatic carbocycles. The molecule has 0 aliphatic carbocycles. The standard InChI is InChI=1S/C23H29N5O/c1-17-11-14-28(15-12-17)23(29)18-9-10-21(25-16-18)24-13-5-8-22-26-19-6-3-4-7-20(19)27(22)2/h3-4,6-7,9-10,16-17H,5,8,11-15H2,1-2H3,(H,24,25). The molecule has 1 saturated heterocycles. The maximum Gasteiger partial charge on any atom is 0.255 e. The first-order valence-corrected chi connectivity index (χ1v) is 10.5. The summed E-state index contributed by atoms with van der Waals surface area (Å²) in [4.78, 5) is 23.7. The summed E-state index contributed by atoms with van der Waals surface area (Å²) in [5.74, 6) is 2.71. The van der Waals surface area contributed by atoms with Crippen LogP contribution in [0.15, 0.2) is 42.6 Å². The number of piperidine rings is 1. The fourth-order valence-corrected chi connectivity index (χ4v) is 3.90. The molecule has 6 heteroatoms. The highest BCUT2D eigenvalue weighted by atomic mass is 16.2. The van der Waals surface area contributed by atoms with Crippen molar-refractivity contribution in [2.24, 2.45) is 13.0 Å². The second kappa shape index (κ2) is 8.64. The van der Waals surface area contributed by atoms with E-state index in [9.17, 15) is 4.79 Å². The largest absolute Gasteiger partial charge is 0.370 e. The number of hydrogen-bond acceptors (Lipinski definition) is 4. The van der Waals surface area contributed by atoms with Crippen molar-refractivity contribution >= 4 is 22.8 Å². The molecule has 0 unspecified atom stereocenters. The van der Waals surface area contributed by atoms with E-state index < -0.39 is 0 Å². The van der Waals surface area contributed by atoms with Crippen LogP contribution < -0.4 is 5.32 Å². The number of likely N-dealkylation sites (tertiary alicyclic amines) is 1. The van der Waals surface area contributed by atoms with Crippen LogP contribution in [0.1, 0.15) is 42.4 Å². The quantitative estimate of drug-likeness (QED) is 0.648. The molecule has 2 aromatic heterocycles. The van der Waals surface area contributed by atoms with Gasteiger partial charge in [0.2, 0.25) is 0 Å². The van der Waals surface area contributed by atoms with Crippen molar-refractivity contribution in [1.82, 2.24) is 19.4 Å². The van der Waals surface area contributed by atoms with Crippen molar-refractivity contribution in [2.45, 2.75) is 32.6 Å². The van der Waals surface area contributed by atoms with Crippen molar-refractivity contribution < 1.29 is 4.79 Å². The van der Waals surface area contributed by atoms with Gasteiger partial charge in [-0.3, -0.25) is 4.79 Å². The summed E-state index contributed by atoms with van der Waals surface area (Å²) in [6.07, 6.45) is 5.73. The first kappa shape index (κ1) is 19.4. The average Bonchev–Trinajstić information content (AvgIpc) is 3.07. The Kier molecular flexibility index (Phi) is 5.79. The minimum Gasteiger partial charge on any atom is -0.370 e. The first-order valence-electron chi connectivity index (χ1n) is 10.5. The van der Waals surface area contributed by atoms with E-state index in [1.807, 2.05) is 35.2 Å². The van der Waals surface area contributed by atoms with Crippen LogP contribution >= 0.6 is 0 Å². The zero-order valence-electron chi connectivity index (χ0n) is 17.3.